The maximum Gasteiger partial charge on any atom is 0.509 e. The Balaban J connectivity index is 1.40. The van der Waals surface area contributed by atoms with E-state index < -0.39 is 41.5 Å². The SMILES string of the molecule is CCCCCc1ccc(C(=O)OOC2CC(C(C)C)CCC2(C)OC(=O)OC2(C)CCC(C(C)C)CC2OOC(=O)c2ccc(CCCCC)cc2)cc1. The molecule has 2 aliphatic carbocycles. The Kier molecular flexibility index (Phi) is 16.4. The third-order valence-corrected chi connectivity index (χ3v) is 11.9. The Morgan fingerprint density at radius 2 is 0.981 bits per heavy atom. The van der Waals surface area contributed by atoms with Gasteiger partial charge in [-0.05, 0) is 137 Å². The van der Waals surface area contributed by atoms with Gasteiger partial charge in [-0.15, -0.1) is 0 Å². The monoisotopic (exact) mass is 750 g/mol. The van der Waals surface area contributed by atoms with Gasteiger partial charge in [-0.25, -0.2) is 14.4 Å². The molecule has 2 saturated carbocycles. The average Bonchev–Trinajstić information content (AvgIpc) is 3.14. The number of carbonyl (C=O) groups is 3. The molecule has 2 fully saturated rings. The lowest BCUT2D eigenvalue weighted by Crippen LogP contribution is -2.53. The van der Waals surface area contributed by atoms with Crippen LogP contribution in [0.4, 0.5) is 4.79 Å². The van der Waals surface area contributed by atoms with Crippen LogP contribution >= 0.6 is 0 Å². The van der Waals surface area contributed by atoms with E-state index in [4.69, 9.17) is 29.0 Å². The minimum Gasteiger partial charge on any atom is -0.425 e. The first-order valence-electron chi connectivity index (χ1n) is 20.6. The third-order valence-electron chi connectivity index (χ3n) is 11.9. The molecule has 0 spiro atoms. The Morgan fingerprint density at radius 3 is 1.31 bits per heavy atom. The zero-order chi connectivity index (χ0) is 39.3. The van der Waals surface area contributed by atoms with E-state index in [1.54, 1.807) is 38.1 Å². The fourth-order valence-electron chi connectivity index (χ4n) is 7.75. The van der Waals surface area contributed by atoms with Gasteiger partial charge in [-0.3, -0.25) is 9.78 Å². The van der Waals surface area contributed by atoms with Crippen LogP contribution in [-0.4, -0.2) is 41.5 Å². The van der Waals surface area contributed by atoms with Gasteiger partial charge < -0.3 is 9.47 Å². The van der Waals surface area contributed by atoms with Gasteiger partial charge >= 0.3 is 18.1 Å². The molecule has 0 aliphatic heterocycles. The van der Waals surface area contributed by atoms with Gasteiger partial charge in [0.1, 0.15) is 23.4 Å². The quantitative estimate of drug-likeness (QED) is 0.0637. The third kappa shape index (κ3) is 12.3. The molecule has 4 rings (SSSR count). The van der Waals surface area contributed by atoms with Crippen LogP contribution in [-0.2, 0) is 41.9 Å². The van der Waals surface area contributed by atoms with Crippen LogP contribution in [0.15, 0.2) is 48.5 Å². The molecule has 0 saturated heterocycles. The molecular formula is C45H66O9. The van der Waals surface area contributed by atoms with E-state index >= 15 is 0 Å². The van der Waals surface area contributed by atoms with Gasteiger partial charge in [0.15, 0.2) is 0 Å². The van der Waals surface area contributed by atoms with E-state index in [-0.39, 0.29) is 11.8 Å². The molecule has 6 atom stereocenters. The second-order valence-corrected chi connectivity index (χ2v) is 16.9. The first-order valence-corrected chi connectivity index (χ1v) is 20.6. The van der Waals surface area contributed by atoms with Crippen molar-refractivity contribution in [2.45, 2.75) is 169 Å². The molecule has 300 valence electrons. The van der Waals surface area contributed by atoms with E-state index in [0.717, 1.165) is 51.4 Å². The van der Waals surface area contributed by atoms with Crippen molar-refractivity contribution in [1.82, 2.24) is 0 Å². The predicted octanol–water partition coefficient (Wildman–Crippen LogP) is 11.3. The summed E-state index contributed by atoms with van der Waals surface area (Å²) in [6.07, 6.45) is 10.2. The van der Waals surface area contributed by atoms with Crippen molar-refractivity contribution in [3.8, 4) is 0 Å². The molecule has 9 nitrogen and oxygen atoms in total. The van der Waals surface area contributed by atoms with Crippen molar-refractivity contribution in [3.63, 3.8) is 0 Å². The molecule has 2 aliphatic rings. The summed E-state index contributed by atoms with van der Waals surface area (Å²) in [5, 5.41) is 0. The van der Waals surface area contributed by atoms with Gasteiger partial charge in [-0.2, -0.15) is 9.78 Å². The predicted molar refractivity (Wildman–Crippen MR) is 209 cm³/mol. The number of hydrogen-bond acceptors (Lipinski definition) is 9. The minimum absolute atomic E-state index is 0.289. The molecule has 0 N–H and O–H groups in total. The summed E-state index contributed by atoms with van der Waals surface area (Å²) in [6, 6.07) is 14.8. The highest BCUT2D eigenvalue weighted by Crippen LogP contribution is 2.43. The summed E-state index contributed by atoms with van der Waals surface area (Å²) in [5.74, 6) is 0.109. The lowest BCUT2D eigenvalue weighted by atomic mass is 9.73. The first-order chi connectivity index (χ1) is 25.8. The number of carbonyl (C=O) groups excluding carboxylic acids is 3. The lowest BCUT2D eigenvalue weighted by Gasteiger charge is -2.45. The zero-order valence-corrected chi connectivity index (χ0v) is 34.2. The van der Waals surface area contributed by atoms with Gasteiger partial charge in [0.25, 0.3) is 0 Å². The average molecular weight is 751 g/mol. The second kappa shape index (κ2) is 20.5. The normalized spacial score (nSPS) is 25.7. The number of rotatable bonds is 18. The fourth-order valence-corrected chi connectivity index (χ4v) is 7.75. The van der Waals surface area contributed by atoms with Crippen molar-refractivity contribution in [3.05, 3.63) is 70.8 Å². The van der Waals surface area contributed by atoms with E-state index in [9.17, 15) is 14.4 Å². The molecule has 6 unspecified atom stereocenters. The van der Waals surface area contributed by atoms with Crippen LogP contribution in [0.3, 0.4) is 0 Å². The number of ether oxygens (including phenoxy) is 2. The van der Waals surface area contributed by atoms with E-state index in [1.807, 2.05) is 24.3 Å². The molecule has 0 amide bonds. The molecule has 0 bridgehead atoms. The maximum atomic E-state index is 13.7. The van der Waals surface area contributed by atoms with Crippen LogP contribution in [0.2, 0.25) is 0 Å². The van der Waals surface area contributed by atoms with E-state index in [2.05, 4.69) is 41.5 Å². The molecule has 0 aromatic heterocycles. The van der Waals surface area contributed by atoms with Crippen LogP contribution in [0.25, 0.3) is 0 Å². The van der Waals surface area contributed by atoms with Gasteiger partial charge in [0.05, 0.1) is 11.1 Å². The summed E-state index contributed by atoms with van der Waals surface area (Å²) in [5.41, 5.74) is 0.887. The fraction of sp³-hybridized carbons (Fsp3) is 0.667. The minimum atomic E-state index is -1.12. The summed E-state index contributed by atoms with van der Waals surface area (Å²) in [6.45, 7) is 16.6. The number of benzene rings is 2. The van der Waals surface area contributed by atoms with Gasteiger partial charge in [-0.1, -0.05) is 91.5 Å². The molecule has 0 heterocycles. The molecule has 54 heavy (non-hydrogen) atoms. The molecule has 2 aromatic carbocycles. The Hall–Kier alpha value is -3.43. The molecular weight excluding hydrogens is 684 g/mol. The van der Waals surface area contributed by atoms with E-state index in [1.165, 1.54) is 24.0 Å². The molecule has 2 aromatic rings. The standard InChI is InChI=1S/C45H66O9/c1-9-11-13-15-33-17-21-35(22-18-33)41(46)53-51-39-29-37(31(3)4)25-27-44(39,7)49-43(48)50-45(8)28-26-38(32(5)6)30-40(45)52-54-42(47)36-23-19-34(20-24-36)16-14-12-10-2/h17-24,31-32,37-40H,9-16,25-30H2,1-8H3. The molecule has 9 heteroatoms. The highest BCUT2D eigenvalue weighted by atomic mass is 17.2. The number of unbranched alkanes of at least 4 members (excludes halogenated alkanes) is 4. The number of aryl methyl sites for hydroxylation is 2. The second-order valence-electron chi connectivity index (χ2n) is 16.9. The highest BCUT2D eigenvalue weighted by molar-refractivity contribution is 5.89. The zero-order valence-electron chi connectivity index (χ0n) is 34.2. The first kappa shape index (κ1) is 43.3. The Labute approximate surface area is 324 Å². The van der Waals surface area contributed by atoms with Crippen molar-refractivity contribution < 1.29 is 43.4 Å². The largest absolute Gasteiger partial charge is 0.509 e. The maximum absolute atomic E-state index is 13.7. The van der Waals surface area contributed by atoms with Crippen LogP contribution in [0.5, 0.6) is 0 Å². The van der Waals surface area contributed by atoms with Crippen molar-refractivity contribution in [2.24, 2.45) is 23.7 Å². The highest BCUT2D eigenvalue weighted by Gasteiger charge is 2.50. The van der Waals surface area contributed by atoms with Crippen molar-refractivity contribution >= 4 is 18.1 Å². The van der Waals surface area contributed by atoms with Crippen molar-refractivity contribution in [2.75, 3.05) is 0 Å². The van der Waals surface area contributed by atoms with Gasteiger partial charge in [0, 0.05) is 0 Å². The molecule has 0 radical (unpaired) electrons. The summed E-state index contributed by atoms with van der Waals surface area (Å²) >= 11 is 0. The van der Waals surface area contributed by atoms with E-state index in [0.29, 0.717) is 48.6 Å². The van der Waals surface area contributed by atoms with Crippen LogP contribution < -0.4 is 0 Å². The summed E-state index contributed by atoms with van der Waals surface area (Å²) in [4.78, 5) is 62.4. The van der Waals surface area contributed by atoms with Gasteiger partial charge in [0.2, 0.25) is 0 Å². The summed E-state index contributed by atoms with van der Waals surface area (Å²) < 4.78 is 12.2. The Morgan fingerprint density at radius 1 is 0.611 bits per heavy atom. The number of hydrogen-bond donors (Lipinski definition) is 0. The summed E-state index contributed by atoms with van der Waals surface area (Å²) in [7, 11) is 0. The van der Waals surface area contributed by atoms with Crippen LogP contribution in [0.1, 0.15) is 164 Å². The van der Waals surface area contributed by atoms with Crippen molar-refractivity contribution in [1.29, 1.82) is 0 Å². The smallest absolute Gasteiger partial charge is 0.425 e. The Bertz CT molecular complexity index is 1360. The topological polar surface area (TPSA) is 107 Å². The lowest BCUT2D eigenvalue weighted by molar-refractivity contribution is -0.327. The van der Waals surface area contributed by atoms with Crippen LogP contribution in [0, 0.1) is 23.7 Å².